The monoisotopic (exact) mass is 238 g/mol. The first-order valence-corrected chi connectivity index (χ1v) is 5.70. The number of aryl methyl sites for hydroxylation is 1. The van der Waals surface area contributed by atoms with Crippen molar-refractivity contribution in [3.05, 3.63) is 71.8 Å². The van der Waals surface area contributed by atoms with Gasteiger partial charge in [-0.3, -0.25) is 0 Å². The molecule has 0 aliphatic heterocycles. The molecule has 0 heterocycles. The lowest BCUT2D eigenvalue weighted by atomic mass is 10.1. The summed E-state index contributed by atoms with van der Waals surface area (Å²) < 4.78 is 5.26. The van der Waals surface area contributed by atoms with Crippen LogP contribution in [0.2, 0.25) is 0 Å². The maximum atomic E-state index is 11.9. The molecule has 2 heteroatoms. The Labute approximate surface area is 107 Å². The Morgan fingerprint density at radius 2 is 1.67 bits per heavy atom. The van der Waals surface area contributed by atoms with Gasteiger partial charge in [-0.05, 0) is 36.8 Å². The summed E-state index contributed by atoms with van der Waals surface area (Å²) in [6.07, 6.45) is 1.73. The molecule has 0 aromatic heterocycles. The third-order valence-corrected chi connectivity index (χ3v) is 2.61. The van der Waals surface area contributed by atoms with Gasteiger partial charge in [0.05, 0.1) is 5.56 Å². The van der Waals surface area contributed by atoms with Crippen LogP contribution in [0.25, 0.3) is 6.08 Å². The number of rotatable bonds is 3. The minimum absolute atomic E-state index is 0.352. The average Bonchev–Trinajstić information content (AvgIpc) is 2.41. The van der Waals surface area contributed by atoms with Gasteiger partial charge in [0.25, 0.3) is 0 Å². The van der Waals surface area contributed by atoms with Crippen LogP contribution in [0.1, 0.15) is 21.5 Å². The predicted molar refractivity (Wildman–Crippen MR) is 72.7 cm³/mol. The van der Waals surface area contributed by atoms with E-state index in [1.165, 1.54) is 0 Å². The standard InChI is InChI=1S/C16H14O2/c1-3-13-6-8-14(9-7-13)16(17)18-15-10-4-12(2)5-11-15/h3-11H,1H2,2H3. The first kappa shape index (κ1) is 12.1. The maximum absolute atomic E-state index is 11.9. The average molecular weight is 238 g/mol. The van der Waals surface area contributed by atoms with Crippen molar-refractivity contribution in [3.8, 4) is 5.75 Å². The summed E-state index contributed by atoms with van der Waals surface area (Å²) in [6, 6.07) is 14.5. The van der Waals surface area contributed by atoms with Gasteiger partial charge in [0.2, 0.25) is 0 Å². The number of ether oxygens (including phenoxy) is 1. The Kier molecular flexibility index (Phi) is 3.58. The summed E-state index contributed by atoms with van der Waals surface area (Å²) in [4.78, 5) is 11.9. The Hall–Kier alpha value is -2.35. The minimum Gasteiger partial charge on any atom is -0.423 e. The molecule has 2 aromatic rings. The van der Waals surface area contributed by atoms with Crippen molar-refractivity contribution in [3.63, 3.8) is 0 Å². The molecule has 0 bridgehead atoms. The van der Waals surface area contributed by atoms with Gasteiger partial charge in [-0.1, -0.05) is 42.5 Å². The summed E-state index contributed by atoms with van der Waals surface area (Å²) in [5.74, 6) is 0.202. The van der Waals surface area contributed by atoms with Crippen molar-refractivity contribution in [2.75, 3.05) is 0 Å². The predicted octanol–water partition coefficient (Wildman–Crippen LogP) is 3.86. The molecule has 0 radical (unpaired) electrons. The van der Waals surface area contributed by atoms with Crippen LogP contribution in [-0.4, -0.2) is 5.97 Å². The van der Waals surface area contributed by atoms with Gasteiger partial charge in [-0.2, -0.15) is 0 Å². The van der Waals surface area contributed by atoms with Gasteiger partial charge in [0.15, 0.2) is 0 Å². The SMILES string of the molecule is C=Cc1ccc(C(=O)Oc2ccc(C)cc2)cc1. The largest absolute Gasteiger partial charge is 0.423 e. The van der Waals surface area contributed by atoms with Crippen molar-refractivity contribution in [2.24, 2.45) is 0 Å². The third kappa shape index (κ3) is 2.86. The van der Waals surface area contributed by atoms with Crippen LogP contribution >= 0.6 is 0 Å². The highest BCUT2D eigenvalue weighted by atomic mass is 16.5. The van der Waals surface area contributed by atoms with E-state index in [1.807, 2.05) is 31.2 Å². The molecular weight excluding hydrogens is 224 g/mol. The van der Waals surface area contributed by atoms with E-state index in [9.17, 15) is 4.79 Å². The number of esters is 1. The zero-order valence-electron chi connectivity index (χ0n) is 10.2. The molecule has 0 aliphatic rings. The van der Waals surface area contributed by atoms with E-state index >= 15 is 0 Å². The van der Waals surface area contributed by atoms with E-state index in [1.54, 1.807) is 30.3 Å². The van der Waals surface area contributed by atoms with Gasteiger partial charge < -0.3 is 4.74 Å². The van der Waals surface area contributed by atoms with Gasteiger partial charge in [-0.15, -0.1) is 0 Å². The van der Waals surface area contributed by atoms with Crippen LogP contribution in [0.4, 0.5) is 0 Å². The molecule has 2 aromatic carbocycles. The lowest BCUT2D eigenvalue weighted by Crippen LogP contribution is -2.08. The molecule has 0 spiro atoms. The summed E-state index contributed by atoms with van der Waals surface area (Å²) in [7, 11) is 0. The van der Waals surface area contributed by atoms with Crippen LogP contribution in [0.15, 0.2) is 55.1 Å². The summed E-state index contributed by atoms with van der Waals surface area (Å²) in [5.41, 5.74) is 2.63. The second kappa shape index (κ2) is 5.32. The summed E-state index contributed by atoms with van der Waals surface area (Å²) in [5, 5.41) is 0. The molecule has 2 nitrogen and oxygen atoms in total. The van der Waals surface area contributed by atoms with Crippen LogP contribution in [0.5, 0.6) is 5.75 Å². The van der Waals surface area contributed by atoms with Crippen LogP contribution in [0, 0.1) is 6.92 Å². The molecular formula is C16H14O2. The van der Waals surface area contributed by atoms with E-state index in [-0.39, 0.29) is 5.97 Å². The van der Waals surface area contributed by atoms with Gasteiger partial charge >= 0.3 is 5.97 Å². The zero-order chi connectivity index (χ0) is 13.0. The van der Waals surface area contributed by atoms with E-state index < -0.39 is 0 Å². The highest BCUT2D eigenvalue weighted by molar-refractivity contribution is 5.91. The number of carbonyl (C=O) groups excluding carboxylic acids is 1. The van der Waals surface area contributed by atoms with Crippen molar-refractivity contribution in [2.45, 2.75) is 6.92 Å². The fraction of sp³-hybridized carbons (Fsp3) is 0.0625. The normalized spacial score (nSPS) is 9.83. The second-order valence-corrected chi connectivity index (χ2v) is 4.03. The lowest BCUT2D eigenvalue weighted by Gasteiger charge is -2.04. The van der Waals surface area contributed by atoms with Crippen LogP contribution in [0.3, 0.4) is 0 Å². The van der Waals surface area contributed by atoms with Gasteiger partial charge in [0, 0.05) is 0 Å². The highest BCUT2D eigenvalue weighted by Crippen LogP contribution is 2.14. The molecule has 0 atom stereocenters. The molecule has 0 saturated heterocycles. The van der Waals surface area contributed by atoms with Crippen LogP contribution in [-0.2, 0) is 0 Å². The van der Waals surface area contributed by atoms with E-state index in [0.717, 1.165) is 11.1 Å². The van der Waals surface area contributed by atoms with Crippen molar-refractivity contribution in [1.82, 2.24) is 0 Å². The zero-order valence-corrected chi connectivity index (χ0v) is 10.2. The van der Waals surface area contributed by atoms with Crippen molar-refractivity contribution < 1.29 is 9.53 Å². The Morgan fingerprint density at radius 1 is 1.06 bits per heavy atom. The topological polar surface area (TPSA) is 26.3 Å². The Bertz CT molecular complexity index is 551. The molecule has 0 saturated carbocycles. The first-order valence-electron chi connectivity index (χ1n) is 5.70. The summed E-state index contributed by atoms with van der Waals surface area (Å²) in [6.45, 7) is 5.65. The molecule has 18 heavy (non-hydrogen) atoms. The van der Waals surface area contributed by atoms with Crippen LogP contribution < -0.4 is 4.74 Å². The number of carbonyl (C=O) groups is 1. The van der Waals surface area contributed by atoms with E-state index in [2.05, 4.69) is 6.58 Å². The van der Waals surface area contributed by atoms with Crippen molar-refractivity contribution in [1.29, 1.82) is 0 Å². The molecule has 0 fully saturated rings. The van der Waals surface area contributed by atoms with Crippen molar-refractivity contribution >= 4 is 12.0 Å². The second-order valence-electron chi connectivity index (χ2n) is 4.03. The van der Waals surface area contributed by atoms with Gasteiger partial charge in [0.1, 0.15) is 5.75 Å². The third-order valence-electron chi connectivity index (χ3n) is 2.61. The highest BCUT2D eigenvalue weighted by Gasteiger charge is 2.07. The first-order chi connectivity index (χ1) is 8.69. The molecule has 0 aliphatic carbocycles. The molecule has 2 rings (SSSR count). The van der Waals surface area contributed by atoms with E-state index in [0.29, 0.717) is 11.3 Å². The van der Waals surface area contributed by atoms with E-state index in [4.69, 9.17) is 4.74 Å². The maximum Gasteiger partial charge on any atom is 0.343 e. The fourth-order valence-corrected chi connectivity index (χ4v) is 1.53. The quantitative estimate of drug-likeness (QED) is 0.599. The molecule has 0 unspecified atom stereocenters. The smallest absolute Gasteiger partial charge is 0.343 e. The van der Waals surface area contributed by atoms with Gasteiger partial charge in [-0.25, -0.2) is 4.79 Å². The molecule has 0 amide bonds. The Morgan fingerprint density at radius 3 is 2.22 bits per heavy atom. The number of hydrogen-bond acceptors (Lipinski definition) is 2. The Balaban J connectivity index is 2.11. The summed E-state index contributed by atoms with van der Waals surface area (Å²) >= 11 is 0. The molecule has 90 valence electrons. The number of hydrogen-bond donors (Lipinski definition) is 0. The lowest BCUT2D eigenvalue weighted by molar-refractivity contribution is 0.0735. The molecule has 0 N–H and O–H groups in total. The minimum atomic E-state index is -0.352. The fourth-order valence-electron chi connectivity index (χ4n) is 1.53. The number of benzene rings is 2.